The van der Waals surface area contributed by atoms with Crippen LogP contribution >= 0.6 is 0 Å². The van der Waals surface area contributed by atoms with Crippen molar-refractivity contribution in [2.45, 2.75) is 26.7 Å². The van der Waals surface area contributed by atoms with E-state index in [-0.39, 0.29) is 17.6 Å². The van der Waals surface area contributed by atoms with Crippen molar-refractivity contribution in [2.75, 3.05) is 39.3 Å². The van der Waals surface area contributed by atoms with Crippen LogP contribution in [0.2, 0.25) is 0 Å². The van der Waals surface area contributed by atoms with Crippen LogP contribution in [0.15, 0.2) is 18.2 Å². The van der Waals surface area contributed by atoms with E-state index in [0.717, 1.165) is 5.56 Å². The Bertz CT molecular complexity index is 593. The molecule has 132 valence electrons. The van der Waals surface area contributed by atoms with Gasteiger partial charge in [-0.1, -0.05) is 19.9 Å². The molecule has 0 unspecified atom stereocenters. The largest absolute Gasteiger partial charge is 0.507 e. The highest BCUT2D eigenvalue weighted by Gasteiger charge is 2.25. The summed E-state index contributed by atoms with van der Waals surface area (Å²) in [5, 5.41) is 12.8. The molecule has 0 aromatic heterocycles. The summed E-state index contributed by atoms with van der Waals surface area (Å²) in [6.07, 6.45) is 0. The van der Waals surface area contributed by atoms with Crippen LogP contribution in [0.5, 0.6) is 5.75 Å². The molecular weight excluding hydrogens is 306 g/mol. The van der Waals surface area contributed by atoms with E-state index in [1.54, 1.807) is 17.0 Å². The zero-order chi connectivity index (χ0) is 17.7. The lowest BCUT2D eigenvalue weighted by Gasteiger charge is -2.34. The first kappa shape index (κ1) is 18.3. The van der Waals surface area contributed by atoms with E-state index < -0.39 is 0 Å². The molecule has 2 N–H and O–H groups in total. The second-order valence-electron chi connectivity index (χ2n) is 6.45. The maximum Gasteiger partial charge on any atom is 0.257 e. The van der Waals surface area contributed by atoms with Gasteiger partial charge in [0.15, 0.2) is 0 Å². The highest BCUT2D eigenvalue weighted by atomic mass is 16.3. The van der Waals surface area contributed by atoms with Crippen LogP contribution in [0.4, 0.5) is 0 Å². The topological polar surface area (TPSA) is 72.9 Å². The average Bonchev–Trinajstić information content (AvgIpc) is 2.55. The van der Waals surface area contributed by atoms with Crippen molar-refractivity contribution >= 4 is 11.8 Å². The Balaban J connectivity index is 1.98. The van der Waals surface area contributed by atoms with E-state index in [9.17, 15) is 14.7 Å². The molecule has 1 saturated heterocycles. The van der Waals surface area contributed by atoms with Crippen molar-refractivity contribution in [3.63, 3.8) is 0 Å². The van der Waals surface area contributed by atoms with Gasteiger partial charge in [0.2, 0.25) is 5.91 Å². The minimum atomic E-state index is -0.146. The Kier molecular flexibility index (Phi) is 6.20. The van der Waals surface area contributed by atoms with Gasteiger partial charge in [0.05, 0.1) is 12.1 Å². The van der Waals surface area contributed by atoms with Gasteiger partial charge in [-0.05, 0) is 30.5 Å². The first-order chi connectivity index (χ1) is 11.4. The van der Waals surface area contributed by atoms with Gasteiger partial charge in [-0.15, -0.1) is 0 Å². The summed E-state index contributed by atoms with van der Waals surface area (Å²) in [7, 11) is 0. The number of nitrogens with zero attached hydrogens (tertiary/aromatic N) is 2. The maximum atomic E-state index is 12.7. The number of amides is 2. The number of likely N-dealkylation sites (N-methyl/N-ethyl adjacent to an activating group) is 1. The number of hydrogen-bond acceptors (Lipinski definition) is 4. The number of aromatic hydroxyl groups is 1. The predicted octanol–water partition coefficient (Wildman–Crippen LogP) is 1.41. The van der Waals surface area contributed by atoms with Crippen LogP contribution < -0.4 is 5.32 Å². The van der Waals surface area contributed by atoms with Crippen LogP contribution in [-0.2, 0) is 4.79 Å². The number of rotatable bonds is 5. The van der Waals surface area contributed by atoms with E-state index in [1.807, 2.05) is 17.9 Å². The fourth-order valence-electron chi connectivity index (χ4n) is 2.82. The molecule has 2 amide bonds. The SMILES string of the molecule is CCNC(=O)CN1CCN(C(=O)c2cc(C(C)C)ccc2O)CC1. The summed E-state index contributed by atoms with van der Waals surface area (Å²) < 4.78 is 0. The Morgan fingerprint density at radius 2 is 1.88 bits per heavy atom. The first-order valence-electron chi connectivity index (χ1n) is 8.53. The van der Waals surface area contributed by atoms with Crippen LogP contribution in [0.25, 0.3) is 0 Å². The minimum absolute atomic E-state index is 0.0135. The quantitative estimate of drug-likeness (QED) is 0.854. The smallest absolute Gasteiger partial charge is 0.257 e. The van der Waals surface area contributed by atoms with Gasteiger partial charge in [0, 0.05) is 32.7 Å². The lowest BCUT2D eigenvalue weighted by Crippen LogP contribution is -2.51. The number of carbonyl (C=O) groups is 2. The molecule has 24 heavy (non-hydrogen) atoms. The van der Waals surface area contributed by atoms with Gasteiger partial charge in [-0.3, -0.25) is 14.5 Å². The fraction of sp³-hybridized carbons (Fsp3) is 0.556. The van der Waals surface area contributed by atoms with Crippen LogP contribution in [0, 0.1) is 0 Å². The Labute approximate surface area is 143 Å². The van der Waals surface area contributed by atoms with Crippen molar-refractivity contribution in [2.24, 2.45) is 0 Å². The molecule has 0 spiro atoms. The molecule has 1 aromatic rings. The summed E-state index contributed by atoms with van der Waals surface area (Å²) in [5.74, 6) is 0.187. The van der Waals surface area contributed by atoms with Gasteiger partial charge >= 0.3 is 0 Å². The molecule has 0 atom stereocenters. The van der Waals surface area contributed by atoms with Gasteiger partial charge in [0.1, 0.15) is 5.75 Å². The normalized spacial score (nSPS) is 15.6. The first-order valence-corrected chi connectivity index (χ1v) is 8.53. The van der Waals surface area contributed by atoms with E-state index in [2.05, 4.69) is 19.2 Å². The predicted molar refractivity (Wildman–Crippen MR) is 93.2 cm³/mol. The monoisotopic (exact) mass is 333 g/mol. The molecule has 1 aliphatic rings. The molecule has 1 fully saturated rings. The number of benzene rings is 1. The van der Waals surface area contributed by atoms with E-state index >= 15 is 0 Å². The number of piperazine rings is 1. The third kappa shape index (κ3) is 4.47. The molecule has 0 radical (unpaired) electrons. The molecule has 1 aromatic carbocycles. The van der Waals surface area contributed by atoms with Gasteiger partial charge in [-0.2, -0.15) is 0 Å². The van der Waals surface area contributed by atoms with Crippen molar-refractivity contribution in [1.82, 2.24) is 15.1 Å². The highest BCUT2D eigenvalue weighted by Crippen LogP contribution is 2.24. The third-order valence-corrected chi connectivity index (χ3v) is 4.32. The van der Waals surface area contributed by atoms with Crippen LogP contribution in [0.1, 0.15) is 42.6 Å². The summed E-state index contributed by atoms with van der Waals surface area (Å²) in [4.78, 5) is 28.1. The van der Waals surface area contributed by atoms with Crippen molar-refractivity contribution < 1.29 is 14.7 Å². The molecule has 1 heterocycles. The van der Waals surface area contributed by atoms with Gasteiger partial charge in [0.25, 0.3) is 5.91 Å². The van der Waals surface area contributed by atoms with Crippen molar-refractivity contribution in [3.8, 4) is 5.75 Å². The standard InChI is InChI=1S/C18H27N3O3/c1-4-19-17(23)12-20-7-9-21(10-8-20)18(24)15-11-14(13(2)3)5-6-16(15)22/h5-6,11,13,22H,4,7-10,12H2,1-3H3,(H,19,23). The Hall–Kier alpha value is -2.08. The number of carbonyl (C=O) groups excluding carboxylic acids is 2. The Morgan fingerprint density at radius 3 is 2.46 bits per heavy atom. The number of hydrogen-bond donors (Lipinski definition) is 2. The number of phenols is 1. The lowest BCUT2D eigenvalue weighted by atomic mass is 9.99. The maximum absolute atomic E-state index is 12.7. The second-order valence-corrected chi connectivity index (χ2v) is 6.45. The number of phenolic OH excluding ortho intramolecular Hbond substituents is 1. The summed E-state index contributed by atoms with van der Waals surface area (Å²) in [6.45, 7) is 9.44. The molecule has 6 heteroatoms. The summed E-state index contributed by atoms with van der Waals surface area (Å²) in [5.41, 5.74) is 1.39. The van der Waals surface area contributed by atoms with E-state index in [4.69, 9.17) is 0 Å². The Morgan fingerprint density at radius 1 is 1.21 bits per heavy atom. The number of nitrogens with one attached hydrogen (secondary N) is 1. The van der Waals surface area contributed by atoms with Gasteiger partial charge < -0.3 is 15.3 Å². The zero-order valence-electron chi connectivity index (χ0n) is 14.7. The molecule has 0 aliphatic carbocycles. The lowest BCUT2D eigenvalue weighted by molar-refractivity contribution is -0.122. The van der Waals surface area contributed by atoms with Crippen molar-refractivity contribution in [3.05, 3.63) is 29.3 Å². The molecular formula is C18H27N3O3. The van der Waals surface area contributed by atoms with E-state index in [1.165, 1.54) is 0 Å². The second kappa shape index (κ2) is 8.15. The van der Waals surface area contributed by atoms with Crippen molar-refractivity contribution in [1.29, 1.82) is 0 Å². The fourth-order valence-corrected chi connectivity index (χ4v) is 2.82. The molecule has 0 saturated carbocycles. The molecule has 0 bridgehead atoms. The summed E-state index contributed by atoms with van der Waals surface area (Å²) >= 11 is 0. The zero-order valence-corrected chi connectivity index (χ0v) is 14.7. The minimum Gasteiger partial charge on any atom is -0.507 e. The van der Waals surface area contributed by atoms with Crippen LogP contribution in [-0.4, -0.2) is 66.0 Å². The third-order valence-electron chi connectivity index (χ3n) is 4.32. The van der Waals surface area contributed by atoms with E-state index in [0.29, 0.717) is 50.7 Å². The van der Waals surface area contributed by atoms with Crippen LogP contribution in [0.3, 0.4) is 0 Å². The molecule has 2 rings (SSSR count). The van der Waals surface area contributed by atoms with Gasteiger partial charge in [-0.25, -0.2) is 0 Å². The highest BCUT2D eigenvalue weighted by molar-refractivity contribution is 5.97. The molecule has 6 nitrogen and oxygen atoms in total. The molecule has 1 aliphatic heterocycles. The summed E-state index contributed by atoms with van der Waals surface area (Å²) in [6, 6.07) is 5.22. The average molecular weight is 333 g/mol.